The van der Waals surface area contributed by atoms with E-state index in [4.69, 9.17) is 23.4 Å². The Bertz CT molecular complexity index is 561. The first-order valence-corrected chi connectivity index (χ1v) is 14.9. The molecule has 6 atom stereocenters. The van der Waals surface area contributed by atoms with Gasteiger partial charge in [-0.2, -0.15) is 0 Å². The fourth-order valence-corrected chi connectivity index (χ4v) is 6.91. The van der Waals surface area contributed by atoms with E-state index in [9.17, 15) is 5.11 Å². The Labute approximate surface area is 204 Å². The summed E-state index contributed by atoms with van der Waals surface area (Å²) in [4.78, 5) is 0. The Hall–Kier alpha value is -0.0231. The molecule has 0 spiro atoms. The highest BCUT2D eigenvalue weighted by Gasteiger charge is 2.46. The van der Waals surface area contributed by atoms with E-state index in [1.54, 1.807) is 0 Å². The lowest BCUT2D eigenvalue weighted by Crippen LogP contribution is -2.36. The van der Waals surface area contributed by atoms with Gasteiger partial charge < -0.3 is 28.5 Å². The van der Waals surface area contributed by atoms with Gasteiger partial charge >= 0.3 is 0 Å². The van der Waals surface area contributed by atoms with Crippen molar-refractivity contribution in [2.45, 2.75) is 141 Å². The normalized spacial score (nSPS) is 35.1. The third kappa shape index (κ3) is 8.26. The van der Waals surface area contributed by atoms with Crippen LogP contribution in [0.5, 0.6) is 0 Å². The number of ether oxygens (including phenoxy) is 4. The molecule has 0 aromatic carbocycles. The molecule has 2 saturated heterocycles. The van der Waals surface area contributed by atoms with Crippen LogP contribution in [0.1, 0.15) is 105 Å². The first kappa shape index (κ1) is 27.6. The highest BCUT2D eigenvalue weighted by Crippen LogP contribution is 2.45. The van der Waals surface area contributed by atoms with Crippen molar-refractivity contribution in [1.82, 2.24) is 0 Å². The standard InChI is InChI=1S/C26H50O6Si/c1-6-8-9-14-26(28-16-17-29-26)15-13-20-19(7-2)22(32-33-25(3,4)5)18-21(20)30-24-12-10-11-23(27)31-24/h19-24,27H,6-18,33H2,1-5H3/t19-,20?,21?,22+,23+,24?/m0/s1. The fraction of sp³-hybridized carbons (Fsp3) is 1.00. The summed E-state index contributed by atoms with van der Waals surface area (Å²) in [5.41, 5.74) is 0. The van der Waals surface area contributed by atoms with E-state index in [1.807, 2.05) is 0 Å². The molecule has 0 bridgehead atoms. The molecular weight excluding hydrogens is 436 g/mol. The maximum atomic E-state index is 9.97. The van der Waals surface area contributed by atoms with Crippen molar-refractivity contribution in [1.29, 1.82) is 0 Å². The van der Waals surface area contributed by atoms with Crippen molar-refractivity contribution < 1.29 is 28.5 Å². The Morgan fingerprint density at radius 1 is 1.00 bits per heavy atom. The summed E-state index contributed by atoms with van der Waals surface area (Å²) in [6.45, 7) is 12.8. The van der Waals surface area contributed by atoms with Crippen LogP contribution in [0.25, 0.3) is 0 Å². The van der Waals surface area contributed by atoms with E-state index >= 15 is 0 Å². The molecule has 0 aromatic heterocycles. The largest absolute Gasteiger partial charge is 0.420 e. The lowest BCUT2D eigenvalue weighted by atomic mass is 9.85. The predicted molar refractivity (Wildman–Crippen MR) is 133 cm³/mol. The number of hydrogen-bond donors (Lipinski definition) is 1. The minimum atomic E-state index is -0.701. The molecule has 0 radical (unpaired) electrons. The second-order valence-electron chi connectivity index (χ2n) is 11.6. The molecule has 1 saturated carbocycles. The Morgan fingerprint density at radius 3 is 2.39 bits per heavy atom. The minimum absolute atomic E-state index is 0.0957. The zero-order valence-electron chi connectivity index (χ0n) is 21.9. The van der Waals surface area contributed by atoms with Gasteiger partial charge in [-0.15, -0.1) is 0 Å². The number of unbranched alkanes of at least 4 members (excludes halogenated alkanes) is 2. The van der Waals surface area contributed by atoms with Gasteiger partial charge in [0.1, 0.15) is 0 Å². The van der Waals surface area contributed by atoms with Crippen LogP contribution in [-0.2, 0) is 23.4 Å². The molecular formula is C26H50O6Si. The third-order valence-electron chi connectivity index (χ3n) is 7.53. The zero-order valence-corrected chi connectivity index (χ0v) is 23.3. The van der Waals surface area contributed by atoms with Crippen LogP contribution < -0.4 is 0 Å². The topological polar surface area (TPSA) is 66.4 Å². The van der Waals surface area contributed by atoms with E-state index in [0.717, 1.165) is 51.4 Å². The molecule has 3 aliphatic rings. The second kappa shape index (κ2) is 12.8. The van der Waals surface area contributed by atoms with Crippen molar-refractivity contribution in [2.24, 2.45) is 11.8 Å². The van der Waals surface area contributed by atoms with E-state index in [2.05, 4.69) is 34.6 Å². The van der Waals surface area contributed by atoms with Crippen LogP contribution in [0.2, 0.25) is 5.04 Å². The van der Waals surface area contributed by atoms with E-state index < -0.39 is 21.8 Å². The molecule has 1 N–H and O–H groups in total. The van der Waals surface area contributed by atoms with Crippen LogP contribution in [-0.4, -0.2) is 58.7 Å². The average Bonchev–Trinajstić information content (AvgIpc) is 3.35. The lowest BCUT2D eigenvalue weighted by molar-refractivity contribution is -0.269. The summed E-state index contributed by atoms with van der Waals surface area (Å²) in [5, 5.41) is 10.2. The van der Waals surface area contributed by atoms with Crippen LogP contribution in [0.3, 0.4) is 0 Å². The minimum Gasteiger partial charge on any atom is -0.420 e. The number of hydrogen-bond acceptors (Lipinski definition) is 6. The molecule has 6 nitrogen and oxygen atoms in total. The summed E-state index contributed by atoms with van der Waals surface area (Å²) in [6.07, 6.45) is 10.3. The zero-order chi connectivity index (χ0) is 23.9. The van der Waals surface area contributed by atoms with E-state index in [1.165, 1.54) is 12.8 Å². The summed E-state index contributed by atoms with van der Waals surface area (Å²) in [6, 6.07) is 0. The van der Waals surface area contributed by atoms with Crippen LogP contribution in [0.15, 0.2) is 0 Å². The first-order chi connectivity index (χ1) is 15.8. The van der Waals surface area contributed by atoms with Crippen LogP contribution in [0, 0.1) is 11.8 Å². The van der Waals surface area contributed by atoms with E-state index in [-0.39, 0.29) is 23.5 Å². The molecule has 0 amide bonds. The van der Waals surface area contributed by atoms with Crippen molar-refractivity contribution in [2.75, 3.05) is 13.2 Å². The summed E-state index contributed by atoms with van der Waals surface area (Å²) in [7, 11) is -0.636. The van der Waals surface area contributed by atoms with Gasteiger partial charge in [-0.25, -0.2) is 0 Å². The lowest BCUT2D eigenvalue weighted by Gasteiger charge is -2.34. The van der Waals surface area contributed by atoms with Gasteiger partial charge in [0.2, 0.25) is 0 Å². The van der Waals surface area contributed by atoms with Gasteiger partial charge in [-0.05, 0) is 55.4 Å². The summed E-state index contributed by atoms with van der Waals surface area (Å²) < 4.78 is 31.3. The monoisotopic (exact) mass is 486 g/mol. The molecule has 0 aromatic rings. The molecule has 33 heavy (non-hydrogen) atoms. The van der Waals surface area contributed by atoms with Crippen molar-refractivity contribution in [3.05, 3.63) is 0 Å². The predicted octanol–water partition coefficient (Wildman–Crippen LogP) is 5.05. The fourth-order valence-electron chi connectivity index (χ4n) is 5.81. The van der Waals surface area contributed by atoms with E-state index in [0.29, 0.717) is 31.5 Å². The number of aliphatic hydroxyl groups is 1. The number of aliphatic hydroxyl groups excluding tert-OH is 1. The van der Waals surface area contributed by atoms with Crippen molar-refractivity contribution in [3.8, 4) is 0 Å². The Kier molecular flexibility index (Phi) is 10.7. The van der Waals surface area contributed by atoms with Gasteiger partial charge in [-0.3, -0.25) is 0 Å². The molecule has 2 heterocycles. The van der Waals surface area contributed by atoms with Crippen molar-refractivity contribution in [3.63, 3.8) is 0 Å². The highest BCUT2D eigenvalue weighted by molar-refractivity contribution is 6.31. The summed E-state index contributed by atoms with van der Waals surface area (Å²) >= 11 is 0. The van der Waals surface area contributed by atoms with Crippen LogP contribution >= 0.6 is 0 Å². The van der Waals surface area contributed by atoms with Gasteiger partial charge in [-0.1, -0.05) is 53.9 Å². The first-order valence-electron chi connectivity index (χ1n) is 13.6. The Morgan fingerprint density at radius 2 is 1.76 bits per heavy atom. The SMILES string of the molecule is CCCCCC1(CCC2C(OC3CCC[C@H](O)O3)C[C@@H](O[SiH2]C(C)(C)C)[C@H]2CC)OCCO1. The molecule has 7 heteroatoms. The molecule has 3 rings (SSSR count). The quantitative estimate of drug-likeness (QED) is 0.307. The van der Waals surface area contributed by atoms with Crippen LogP contribution in [0.4, 0.5) is 0 Å². The van der Waals surface area contributed by atoms with Gasteiger partial charge in [0, 0.05) is 18.9 Å². The molecule has 1 aliphatic carbocycles. The molecule has 194 valence electrons. The maximum Gasteiger partial charge on any atom is 0.168 e. The highest BCUT2D eigenvalue weighted by atomic mass is 28.2. The smallest absolute Gasteiger partial charge is 0.168 e. The maximum absolute atomic E-state index is 9.97. The molecule has 3 fully saturated rings. The summed E-state index contributed by atoms with van der Waals surface area (Å²) in [5.74, 6) is 0.453. The Balaban J connectivity index is 1.68. The molecule has 3 unspecified atom stereocenters. The number of rotatable bonds is 12. The molecule has 2 aliphatic heterocycles. The third-order valence-corrected chi connectivity index (χ3v) is 8.99. The van der Waals surface area contributed by atoms with Crippen molar-refractivity contribution >= 4 is 9.76 Å². The van der Waals surface area contributed by atoms with Gasteiger partial charge in [0.25, 0.3) is 0 Å². The average molecular weight is 487 g/mol. The second-order valence-corrected chi connectivity index (χ2v) is 14.4. The van der Waals surface area contributed by atoms with Gasteiger partial charge in [0.15, 0.2) is 28.1 Å². The van der Waals surface area contributed by atoms with Gasteiger partial charge in [0.05, 0.1) is 19.3 Å².